The fraction of sp³-hybridized carbons (Fsp3) is 0.333. The van der Waals surface area contributed by atoms with Gasteiger partial charge in [-0.3, -0.25) is 0 Å². The van der Waals surface area contributed by atoms with Gasteiger partial charge in [0.15, 0.2) is 0 Å². The second kappa shape index (κ2) is 6.26. The Morgan fingerprint density at radius 2 is 2.24 bits per heavy atom. The molecule has 0 aliphatic rings. The molecular formula is C12H12BrNO3. The summed E-state index contributed by atoms with van der Waals surface area (Å²) in [6, 6.07) is 5.13. The van der Waals surface area contributed by atoms with Crippen molar-refractivity contribution < 1.29 is 14.3 Å². The number of hydrogen-bond acceptors (Lipinski definition) is 4. The maximum absolute atomic E-state index is 11.6. The Morgan fingerprint density at radius 1 is 1.53 bits per heavy atom. The second-order valence-corrected chi connectivity index (χ2v) is 3.73. The summed E-state index contributed by atoms with van der Waals surface area (Å²) in [5.41, 5.74) is 1.46. The van der Waals surface area contributed by atoms with Gasteiger partial charge in [0.1, 0.15) is 5.75 Å². The summed E-state index contributed by atoms with van der Waals surface area (Å²) in [6.45, 7) is 2.02. The molecule has 1 rings (SSSR count). The first-order valence-electron chi connectivity index (χ1n) is 5.02. The maximum atomic E-state index is 11.6. The van der Waals surface area contributed by atoms with E-state index in [1.165, 1.54) is 13.2 Å². The molecule has 0 aromatic heterocycles. The largest absolute Gasteiger partial charge is 0.496 e. The Bertz CT molecular complexity index is 466. The summed E-state index contributed by atoms with van der Waals surface area (Å²) in [4.78, 5) is 11.6. The lowest BCUT2D eigenvalue weighted by atomic mass is 10.0. The summed E-state index contributed by atoms with van der Waals surface area (Å²) in [5.74, 6) is 0.0485. The Hall–Kier alpha value is -1.54. The van der Waals surface area contributed by atoms with Crippen LogP contribution in [0.25, 0.3) is 0 Å². The van der Waals surface area contributed by atoms with Crippen LogP contribution in [0.3, 0.4) is 0 Å². The van der Waals surface area contributed by atoms with E-state index >= 15 is 0 Å². The number of hydrogen-bond donors (Lipinski definition) is 0. The van der Waals surface area contributed by atoms with Crippen molar-refractivity contribution in [3.8, 4) is 11.8 Å². The third-order valence-electron chi connectivity index (χ3n) is 2.19. The van der Waals surface area contributed by atoms with Gasteiger partial charge >= 0.3 is 5.97 Å². The standard InChI is InChI=1S/C12H12BrNO3/c1-3-17-12(15)8-4-9(7-14)10(6-13)11(5-8)16-2/h4-5H,3,6H2,1-2H3. The average Bonchev–Trinajstić information content (AvgIpc) is 2.37. The van der Waals surface area contributed by atoms with E-state index in [4.69, 9.17) is 14.7 Å². The number of halogens is 1. The molecule has 0 radical (unpaired) electrons. The highest BCUT2D eigenvalue weighted by Gasteiger charge is 2.15. The van der Waals surface area contributed by atoms with Gasteiger partial charge in [-0.1, -0.05) is 15.9 Å². The highest BCUT2D eigenvalue weighted by Crippen LogP contribution is 2.27. The van der Waals surface area contributed by atoms with Crippen LogP contribution in [0, 0.1) is 11.3 Å². The van der Waals surface area contributed by atoms with Crippen molar-refractivity contribution in [1.29, 1.82) is 5.26 Å². The van der Waals surface area contributed by atoms with Gasteiger partial charge in [-0.05, 0) is 19.1 Å². The monoisotopic (exact) mass is 297 g/mol. The van der Waals surface area contributed by atoms with E-state index in [1.54, 1.807) is 13.0 Å². The number of nitrogens with zero attached hydrogens (tertiary/aromatic N) is 1. The van der Waals surface area contributed by atoms with Gasteiger partial charge in [0.25, 0.3) is 0 Å². The predicted molar refractivity (Wildman–Crippen MR) is 66.3 cm³/mol. The van der Waals surface area contributed by atoms with E-state index in [-0.39, 0.29) is 0 Å². The predicted octanol–water partition coefficient (Wildman–Crippen LogP) is 2.64. The van der Waals surface area contributed by atoms with Crippen molar-refractivity contribution in [1.82, 2.24) is 0 Å². The maximum Gasteiger partial charge on any atom is 0.338 e. The molecule has 0 atom stereocenters. The van der Waals surface area contributed by atoms with Gasteiger partial charge in [0, 0.05) is 10.9 Å². The first kappa shape index (κ1) is 13.5. The van der Waals surface area contributed by atoms with Crippen LogP contribution < -0.4 is 4.74 Å². The van der Waals surface area contributed by atoms with Crippen molar-refractivity contribution in [2.75, 3.05) is 13.7 Å². The smallest absolute Gasteiger partial charge is 0.338 e. The van der Waals surface area contributed by atoms with Crippen LogP contribution in [0.4, 0.5) is 0 Å². The highest BCUT2D eigenvalue weighted by molar-refractivity contribution is 9.08. The summed E-state index contributed by atoms with van der Waals surface area (Å²) < 4.78 is 10.0. The molecule has 4 nitrogen and oxygen atoms in total. The van der Waals surface area contributed by atoms with Gasteiger partial charge in [-0.25, -0.2) is 4.79 Å². The molecule has 5 heteroatoms. The second-order valence-electron chi connectivity index (χ2n) is 3.17. The van der Waals surface area contributed by atoms with Crippen molar-refractivity contribution in [2.45, 2.75) is 12.3 Å². The van der Waals surface area contributed by atoms with Crippen LogP contribution in [0.2, 0.25) is 0 Å². The van der Waals surface area contributed by atoms with Crippen molar-refractivity contribution in [2.24, 2.45) is 0 Å². The van der Waals surface area contributed by atoms with Crippen LogP contribution in [0.15, 0.2) is 12.1 Å². The summed E-state index contributed by atoms with van der Waals surface area (Å²) in [5, 5.41) is 9.52. The van der Waals surface area contributed by atoms with E-state index in [2.05, 4.69) is 15.9 Å². The van der Waals surface area contributed by atoms with Crippen LogP contribution in [-0.2, 0) is 10.1 Å². The third kappa shape index (κ3) is 2.98. The molecule has 0 fully saturated rings. The minimum absolute atomic E-state index is 0.295. The molecule has 17 heavy (non-hydrogen) atoms. The van der Waals surface area contributed by atoms with Gasteiger partial charge < -0.3 is 9.47 Å². The molecule has 1 aromatic rings. The lowest BCUT2D eigenvalue weighted by Gasteiger charge is -2.10. The number of alkyl halides is 1. The number of methoxy groups -OCH3 is 1. The zero-order valence-corrected chi connectivity index (χ0v) is 11.2. The molecule has 0 amide bonds. The molecule has 1 aromatic carbocycles. The van der Waals surface area contributed by atoms with E-state index in [0.29, 0.717) is 28.8 Å². The molecular weight excluding hydrogens is 286 g/mol. The first-order chi connectivity index (χ1) is 8.17. The zero-order chi connectivity index (χ0) is 12.8. The van der Waals surface area contributed by atoms with Crippen LogP contribution in [-0.4, -0.2) is 19.7 Å². The first-order valence-corrected chi connectivity index (χ1v) is 6.14. The van der Waals surface area contributed by atoms with Gasteiger partial charge in [-0.2, -0.15) is 5.26 Å². The minimum atomic E-state index is -0.455. The normalized spacial score (nSPS) is 9.53. The third-order valence-corrected chi connectivity index (χ3v) is 2.75. The lowest BCUT2D eigenvalue weighted by Crippen LogP contribution is -2.06. The number of carbonyl (C=O) groups excluding carboxylic acids is 1. The fourth-order valence-corrected chi connectivity index (χ4v) is 1.98. The molecule has 0 saturated carbocycles. The lowest BCUT2D eigenvalue weighted by molar-refractivity contribution is 0.0526. The molecule has 0 heterocycles. The summed E-state index contributed by atoms with van der Waals surface area (Å²) in [6.07, 6.45) is 0. The zero-order valence-electron chi connectivity index (χ0n) is 9.62. The molecule has 0 spiro atoms. The number of carbonyl (C=O) groups is 1. The van der Waals surface area contributed by atoms with Crippen molar-refractivity contribution in [3.63, 3.8) is 0 Å². The van der Waals surface area contributed by atoms with Crippen LogP contribution >= 0.6 is 15.9 Å². The number of benzene rings is 1. The molecule has 0 bridgehead atoms. The molecule has 0 N–H and O–H groups in total. The average molecular weight is 298 g/mol. The molecule has 0 aliphatic carbocycles. The van der Waals surface area contributed by atoms with Gasteiger partial charge in [0.2, 0.25) is 0 Å². The van der Waals surface area contributed by atoms with E-state index < -0.39 is 5.97 Å². The Kier molecular flexibility index (Phi) is 4.98. The minimum Gasteiger partial charge on any atom is -0.496 e. The molecule has 90 valence electrons. The highest BCUT2D eigenvalue weighted by atomic mass is 79.9. The van der Waals surface area contributed by atoms with E-state index in [0.717, 1.165) is 5.56 Å². The Labute approximate surface area is 108 Å². The summed E-state index contributed by atoms with van der Waals surface area (Å²) in [7, 11) is 1.50. The van der Waals surface area contributed by atoms with Gasteiger partial charge in [-0.15, -0.1) is 0 Å². The molecule has 0 aliphatic heterocycles. The number of nitriles is 1. The fourth-order valence-electron chi connectivity index (χ4n) is 1.40. The Morgan fingerprint density at radius 3 is 2.71 bits per heavy atom. The van der Waals surface area contributed by atoms with Crippen LogP contribution in [0.1, 0.15) is 28.4 Å². The van der Waals surface area contributed by atoms with E-state index in [1.807, 2.05) is 6.07 Å². The molecule has 0 saturated heterocycles. The number of esters is 1. The SMILES string of the molecule is CCOC(=O)c1cc(C#N)c(CBr)c(OC)c1. The van der Waals surface area contributed by atoms with Gasteiger partial charge in [0.05, 0.1) is 30.9 Å². The summed E-state index contributed by atoms with van der Waals surface area (Å²) >= 11 is 3.29. The van der Waals surface area contributed by atoms with Crippen LogP contribution in [0.5, 0.6) is 5.75 Å². The van der Waals surface area contributed by atoms with Crippen molar-refractivity contribution in [3.05, 3.63) is 28.8 Å². The topological polar surface area (TPSA) is 59.3 Å². The Balaban J connectivity index is 3.28. The quantitative estimate of drug-likeness (QED) is 0.633. The molecule has 0 unspecified atom stereocenters. The van der Waals surface area contributed by atoms with Crippen molar-refractivity contribution >= 4 is 21.9 Å². The number of rotatable bonds is 4. The van der Waals surface area contributed by atoms with E-state index in [9.17, 15) is 4.79 Å². The number of ether oxygens (including phenoxy) is 2.